The van der Waals surface area contributed by atoms with Crippen LogP contribution in [0, 0.1) is 6.92 Å². The number of aromatic amines is 1. The Balaban J connectivity index is 2.45. The minimum absolute atomic E-state index is 0.896. The van der Waals surface area contributed by atoms with Crippen molar-refractivity contribution in [1.29, 1.82) is 0 Å². The first-order valence-corrected chi connectivity index (χ1v) is 3.80. The highest BCUT2D eigenvalue weighted by Gasteiger charge is 2.00. The predicted octanol–water partition coefficient (Wildman–Crippen LogP) is 1.78. The molecule has 0 spiro atoms. The average molecular weight is 159 g/mol. The Morgan fingerprint density at radius 3 is 2.75 bits per heavy atom. The van der Waals surface area contributed by atoms with E-state index < -0.39 is 0 Å². The van der Waals surface area contributed by atoms with E-state index in [9.17, 15) is 0 Å². The fourth-order valence-electron chi connectivity index (χ4n) is 1.06. The summed E-state index contributed by atoms with van der Waals surface area (Å²) in [6, 6.07) is 7.76. The molecule has 0 aliphatic heterocycles. The maximum Gasteiger partial charge on any atom is 0.111 e. The zero-order chi connectivity index (χ0) is 8.39. The maximum absolute atomic E-state index is 4.18. The molecule has 60 valence electrons. The molecule has 0 aliphatic rings. The van der Waals surface area contributed by atoms with Crippen molar-refractivity contribution in [1.82, 2.24) is 15.2 Å². The lowest BCUT2D eigenvalue weighted by Gasteiger charge is -1.91. The van der Waals surface area contributed by atoms with Gasteiger partial charge in [0, 0.05) is 11.9 Å². The van der Waals surface area contributed by atoms with Gasteiger partial charge in [-0.3, -0.25) is 10.1 Å². The van der Waals surface area contributed by atoms with Gasteiger partial charge in [0.25, 0.3) is 0 Å². The summed E-state index contributed by atoms with van der Waals surface area (Å²) < 4.78 is 0. The van der Waals surface area contributed by atoms with Gasteiger partial charge < -0.3 is 0 Å². The van der Waals surface area contributed by atoms with Crippen LogP contribution in [-0.2, 0) is 0 Å². The van der Waals surface area contributed by atoms with Crippen LogP contribution in [0.1, 0.15) is 5.69 Å². The lowest BCUT2D eigenvalue weighted by Crippen LogP contribution is -1.80. The molecule has 0 radical (unpaired) electrons. The highest BCUT2D eigenvalue weighted by atomic mass is 15.1. The van der Waals surface area contributed by atoms with Crippen molar-refractivity contribution in [2.45, 2.75) is 6.92 Å². The van der Waals surface area contributed by atoms with Crippen LogP contribution in [0.3, 0.4) is 0 Å². The Bertz CT molecular complexity index is 364. The van der Waals surface area contributed by atoms with Gasteiger partial charge in [-0.2, -0.15) is 5.10 Å². The molecule has 0 aliphatic carbocycles. The molecule has 1 N–H and O–H groups in total. The molecule has 0 fully saturated rings. The van der Waals surface area contributed by atoms with E-state index in [0.717, 1.165) is 17.1 Å². The van der Waals surface area contributed by atoms with Crippen molar-refractivity contribution in [2.75, 3.05) is 0 Å². The van der Waals surface area contributed by atoms with Gasteiger partial charge in [-0.25, -0.2) is 0 Å². The van der Waals surface area contributed by atoms with E-state index >= 15 is 0 Å². The van der Waals surface area contributed by atoms with E-state index in [4.69, 9.17) is 0 Å². The van der Waals surface area contributed by atoms with Gasteiger partial charge in [-0.1, -0.05) is 6.07 Å². The highest BCUT2D eigenvalue weighted by molar-refractivity contribution is 5.53. The Labute approximate surface area is 70.5 Å². The van der Waals surface area contributed by atoms with Crippen molar-refractivity contribution in [3.8, 4) is 11.4 Å². The number of nitrogens with one attached hydrogen (secondary N) is 1. The average Bonchev–Trinajstić information content (AvgIpc) is 2.54. The van der Waals surface area contributed by atoms with Crippen LogP contribution in [0.5, 0.6) is 0 Å². The molecule has 0 aromatic carbocycles. The number of aromatic nitrogens is 3. The van der Waals surface area contributed by atoms with Gasteiger partial charge in [0.05, 0.1) is 5.69 Å². The minimum Gasteiger partial charge on any atom is -0.282 e. The zero-order valence-electron chi connectivity index (χ0n) is 6.78. The fourth-order valence-corrected chi connectivity index (χ4v) is 1.06. The summed E-state index contributed by atoms with van der Waals surface area (Å²) in [6.45, 7) is 1.97. The van der Waals surface area contributed by atoms with E-state index in [-0.39, 0.29) is 0 Å². The number of pyridine rings is 1. The largest absolute Gasteiger partial charge is 0.282 e. The first-order valence-electron chi connectivity index (χ1n) is 3.80. The summed E-state index contributed by atoms with van der Waals surface area (Å²) in [5.74, 6) is 0. The van der Waals surface area contributed by atoms with E-state index in [0.29, 0.717) is 0 Å². The van der Waals surface area contributed by atoms with E-state index in [1.165, 1.54) is 0 Å². The summed E-state index contributed by atoms with van der Waals surface area (Å²) in [6.07, 6.45) is 1.76. The molecule has 0 unspecified atom stereocenters. The van der Waals surface area contributed by atoms with Crippen LogP contribution >= 0.6 is 0 Å². The molecule has 0 amide bonds. The Hall–Kier alpha value is -1.64. The summed E-state index contributed by atoms with van der Waals surface area (Å²) in [5, 5.41) is 6.98. The van der Waals surface area contributed by atoms with Gasteiger partial charge >= 0.3 is 0 Å². The minimum atomic E-state index is 0.896. The smallest absolute Gasteiger partial charge is 0.111 e. The standard InChI is InChI=1S/C9H9N3/c1-7-6-9(12-11-7)8-4-2-3-5-10-8/h2-6H,1H3,(H,11,12). The van der Waals surface area contributed by atoms with Gasteiger partial charge in [0.2, 0.25) is 0 Å². The van der Waals surface area contributed by atoms with Gasteiger partial charge in [-0.15, -0.1) is 0 Å². The van der Waals surface area contributed by atoms with Crippen molar-refractivity contribution in [2.24, 2.45) is 0 Å². The Morgan fingerprint density at radius 2 is 2.17 bits per heavy atom. The van der Waals surface area contributed by atoms with Crippen molar-refractivity contribution >= 4 is 0 Å². The molecule has 2 heterocycles. The lowest BCUT2D eigenvalue weighted by molar-refractivity contribution is 1.04. The predicted molar refractivity (Wildman–Crippen MR) is 46.6 cm³/mol. The molecule has 3 heteroatoms. The van der Waals surface area contributed by atoms with E-state index in [1.54, 1.807) is 6.20 Å². The molecular formula is C9H9N3. The quantitative estimate of drug-likeness (QED) is 0.689. The van der Waals surface area contributed by atoms with Crippen LogP contribution < -0.4 is 0 Å². The molecule has 0 saturated carbocycles. The molecule has 0 saturated heterocycles. The molecule has 12 heavy (non-hydrogen) atoms. The van der Waals surface area contributed by atoms with E-state index in [2.05, 4.69) is 15.2 Å². The number of nitrogens with zero attached hydrogens (tertiary/aromatic N) is 2. The van der Waals surface area contributed by atoms with Crippen molar-refractivity contribution < 1.29 is 0 Å². The van der Waals surface area contributed by atoms with Crippen LogP contribution in [0.15, 0.2) is 30.5 Å². The highest BCUT2D eigenvalue weighted by Crippen LogP contribution is 2.12. The monoisotopic (exact) mass is 159 g/mol. The van der Waals surface area contributed by atoms with Gasteiger partial charge in [0.15, 0.2) is 0 Å². The second kappa shape index (κ2) is 2.77. The van der Waals surface area contributed by atoms with Crippen LogP contribution in [-0.4, -0.2) is 15.2 Å². The topological polar surface area (TPSA) is 41.6 Å². The Kier molecular flexibility index (Phi) is 1.63. The lowest BCUT2D eigenvalue weighted by atomic mass is 10.2. The molecule has 2 aromatic heterocycles. The second-order valence-electron chi connectivity index (χ2n) is 2.65. The van der Waals surface area contributed by atoms with Crippen LogP contribution in [0.4, 0.5) is 0 Å². The molecule has 0 atom stereocenters. The van der Waals surface area contributed by atoms with Crippen LogP contribution in [0.25, 0.3) is 11.4 Å². The third kappa shape index (κ3) is 1.21. The molecule has 0 bridgehead atoms. The third-order valence-corrected chi connectivity index (χ3v) is 1.63. The summed E-state index contributed by atoms with van der Waals surface area (Å²) in [5.41, 5.74) is 2.85. The second-order valence-corrected chi connectivity index (χ2v) is 2.65. The van der Waals surface area contributed by atoms with Crippen LogP contribution in [0.2, 0.25) is 0 Å². The number of aryl methyl sites for hydroxylation is 1. The summed E-state index contributed by atoms with van der Waals surface area (Å²) in [7, 11) is 0. The van der Waals surface area contributed by atoms with E-state index in [1.807, 2.05) is 31.2 Å². The first-order chi connectivity index (χ1) is 5.86. The number of H-pyrrole nitrogens is 1. The zero-order valence-corrected chi connectivity index (χ0v) is 6.78. The molecule has 2 aromatic rings. The van der Waals surface area contributed by atoms with Gasteiger partial charge in [-0.05, 0) is 25.1 Å². The third-order valence-electron chi connectivity index (χ3n) is 1.63. The number of hydrogen-bond donors (Lipinski definition) is 1. The van der Waals surface area contributed by atoms with Gasteiger partial charge in [0.1, 0.15) is 5.69 Å². The molecule has 3 nitrogen and oxygen atoms in total. The Morgan fingerprint density at radius 1 is 1.25 bits per heavy atom. The summed E-state index contributed by atoms with van der Waals surface area (Å²) >= 11 is 0. The maximum atomic E-state index is 4.18. The number of rotatable bonds is 1. The molecular weight excluding hydrogens is 150 g/mol. The SMILES string of the molecule is Cc1cc(-c2ccccn2)n[nH]1. The van der Waals surface area contributed by atoms with Crippen molar-refractivity contribution in [3.63, 3.8) is 0 Å². The number of hydrogen-bond acceptors (Lipinski definition) is 2. The normalized spacial score (nSPS) is 10.1. The fraction of sp³-hybridized carbons (Fsp3) is 0.111. The molecule has 2 rings (SSSR count). The summed E-state index contributed by atoms with van der Waals surface area (Å²) in [4.78, 5) is 4.18. The first kappa shape index (κ1) is 7.03. The van der Waals surface area contributed by atoms with Crippen molar-refractivity contribution in [3.05, 3.63) is 36.2 Å².